The van der Waals surface area contributed by atoms with E-state index in [1.54, 1.807) is 4.52 Å². The average Bonchev–Trinajstić information content (AvgIpc) is 3.13. The van der Waals surface area contributed by atoms with Gasteiger partial charge in [-0.1, -0.05) is 20.8 Å². The number of hydrogen-bond acceptors (Lipinski definition) is 6. The lowest BCUT2D eigenvalue weighted by atomic mass is 9.67. The first-order valence-corrected chi connectivity index (χ1v) is 11.5. The Balaban J connectivity index is 1.59. The number of amides is 1. The number of rotatable bonds is 5. The zero-order chi connectivity index (χ0) is 23.1. The molecule has 174 valence electrons. The number of methoxy groups -OCH3 is 1. The molecule has 0 bridgehead atoms. The first kappa shape index (κ1) is 22.7. The number of nitrogens with zero attached hydrogens (tertiary/aromatic N) is 3. The summed E-state index contributed by atoms with van der Waals surface area (Å²) < 4.78 is 6.80. The second-order valence-electron chi connectivity index (χ2n) is 10.9. The fourth-order valence-electron chi connectivity index (χ4n) is 5.36. The van der Waals surface area contributed by atoms with Gasteiger partial charge in [0.2, 0.25) is 5.91 Å². The minimum absolute atomic E-state index is 0.178. The highest BCUT2D eigenvalue weighted by Gasteiger charge is 2.53. The number of ether oxygens (including phenoxy) is 1. The molecule has 2 fully saturated rings. The van der Waals surface area contributed by atoms with Gasteiger partial charge in [-0.05, 0) is 55.6 Å². The predicted octanol–water partition coefficient (Wildman–Crippen LogP) is 2.43. The highest BCUT2D eigenvalue weighted by Crippen LogP contribution is 2.41. The van der Waals surface area contributed by atoms with Crippen molar-refractivity contribution in [1.29, 1.82) is 0 Å². The lowest BCUT2D eigenvalue weighted by Crippen LogP contribution is -2.57. The molecule has 8 nitrogen and oxygen atoms in total. The van der Waals surface area contributed by atoms with Crippen molar-refractivity contribution in [2.75, 3.05) is 13.7 Å². The van der Waals surface area contributed by atoms with Crippen molar-refractivity contribution in [1.82, 2.24) is 19.9 Å². The number of carbonyl (C=O) groups excluding carboxylic acids is 2. The molecule has 0 radical (unpaired) electrons. The summed E-state index contributed by atoms with van der Waals surface area (Å²) in [6.45, 7) is 6.89. The third-order valence-electron chi connectivity index (χ3n) is 7.23. The highest BCUT2D eigenvalue weighted by atomic mass is 16.5. The van der Waals surface area contributed by atoms with E-state index in [2.05, 4.69) is 17.3 Å². The molecule has 32 heavy (non-hydrogen) atoms. The quantitative estimate of drug-likeness (QED) is 0.544. The van der Waals surface area contributed by atoms with E-state index >= 15 is 0 Å². The maximum atomic E-state index is 12.9. The Bertz CT molecular complexity index is 1010. The number of carbonyl (C=O) groups is 2. The molecular weight excluding hydrogens is 406 g/mol. The maximum Gasteiger partial charge on any atom is 0.321 e. The van der Waals surface area contributed by atoms with E-state index in [9.17, 15) is 9.59 Å². The number of hydrogen-bond donors (Lipinski definition) is 2. The van der Waals surface area contributed by atoms with Crippen molar-refractivity contribution in [3.05, 3.63) is 29.7 Å². The van der Waals surface area contributed by atoms with Gasteiger partial charge in [-0.2, -0.15) is 5.10 Å². The molecule has 1 aliphatic heterocycles. The van der Waals surface area contributed by atoms with E-state index in [1.165, 1.54) is 7.11 Å². The van der Waals surface area contributed by atoms with E-state index in [-0.39, 0.29) is 23.3 Å². The maximum absolute atomic E-state index is 12.9. The molecule has 1 saturated carbocycles. The van der Waals surface area contributed by atoms with Gasteiger partial charge in [0.25, 0.3) is 0 Å². The van der Waals surface area contributed by atoms with Crippen LogP contribution in [0.25, 0.3) is 5.65 Å². The molecule has 3 N–H and O–H groups in total. The summed E-state index contributed by atoms with van der Waals surface area (Å²) in [5.41, 5.74) is 7.25. The second kappa shape index (κ2) is 8.14. The van der Waals surface area contributed by atoms with Gasteiger partial charge in [0.05, 0.1) is 24.7 Å². The normalized spacial score (nSPS) is 30.2. The summed E-state index contributed by atoms with van der Waals surface area (Å²) in [7, 11) is 1.33. The smallest absolute Gasteiger partial charge is 0.321 e. The molecular formula is C24H35N5O3. The molecule has 1 aliphatic carbocycles. The van der Waals surface area contributed by atoms with Crippen LogP contribution >= 0.6 is 0 Å². The van der Waals surface area contributed by atoms with Gasteiger partial charge in [0.15, 0.2) is 11.1 Å². The van der Waals surface area contributed by atoms with Crippen LogP contribution in [-0.2, 0) is 27.2 Å². The van der Waals surface area contributed by atoms with Crippen LogP contribution in [0.2, 0.25) is 0 Å². The number of piperidine rings is 1. The number of nitrogens with two attached hydrogens (primary N) is 1. The van der Waals surface area contributed by atoms with Crippen LogP contribution in [0.15, 0.2) is 18.3 Å². The lowest BCUT2D eigenvalue weighted by Gasteiger charge is -2.41. The summed E-state index contributed by atoms with van der Waals surface area (Å²) in [4.78, 5) is 30.4. The van der Waals surface area contributed by atoms with Gasteiger partial charge in [0.1, 0.15) is 0 Å². The SMILES string of the molecule is COC(=O)C1(Cc2ccc3nc(CC4(N)CCC(C)CC4)cn3n2)CC(C)(C)CNC1=O. The molecule has 2 aromatic heterocycles. The molecule has 2 aliphatic rings. The summed E-state index contributed by atoms with van der Waals surface area (Å²) in [5.74, 6) is -0.0813. The molecule has 3 heterocycles. The molecule has 4 rings (SSSR count). The summed E-state index contributed by atoms with van der Waals surface area (Å²) in [6, 6.07) is 3.72. The van der Waals surface area contributed by atoms with Crippen LogP contribution in [0.5, 0.6) is 0 Å². The van der Waals surface area contributed by atoms with Crippen LogP contribution in [0.4, 0.5) is 0 Å². The van der Waals surface area contributed by atoms with Gasteiger partial charge in [-0.3, -0.25) is 9.59 Å². The molecule has 1 atom stereocenters. The zero-order valence-electron chi connectivity index (χ0n) is 19.6. The zero-order valence-corrected chi connectivity index (χ0v) is 19.6. The predicted molar refractivity (Wildman–Crippen MR) is 121 cm³/mol. The second-order valence-corrected chi connectivity index (χ2v) is 10.9. The molecule has 1 saturated heterocycles. The third-order valence-corrected chi connectivity index (χ3v) is 7.23. The standard InChI is InChI=1S/C24H35N5O3/c1-16-7-9-23(25,10-8-16)11-18-13-29-19(27-18)6-5-17(28-29)12-24(21(31)32-4)14-22(2,3)15-26-20(24)30/h5-6,13,16H,7-12,14-15,25H2,1-4H3,(H,26,30). The van der Waals surface area contributed by atoms with Crippen LogP contribution in [0.3, 0.4) is 0 Å². The number of nitrogens with one attached hydrogen (secondary N) is 1. The molecule has 2 aromatic rings. The van der Waals surface area contributed by atoms with Crippen molar-refractivity contribution in [3.63, 3.8) is 0 Å². The van der Waals surface area contributed by atoms with E-state index in [4.69, 9.17) is 15.5 Å². The van der Waals surface area contributed by atoms with Crippen LogP contribution in [-0.4, -0.2) is 45.7 Å². The topological polar surface area (TPSA) is 112 Å². The van der Waals surface area contributed by atoms with Crippen LogP contribution < -0.4 is 11.1 Å². The first-order chi connectivity index (χ1) is 15.0. The van der Waals surface area contributed by atoms with Gasteiger partial charge in [0, 0.05) is 24.9 Å². The largest absolute Gasteiger partial charge is 0.468 e. The fraction of sp³-hybridized carbons (Fsp3) is 0.667. The molecule has 1 amide bonds. The monoisotopic (exact) mass is 441 g/mol. The van der Waals surface area contributed by atoms with Crippen molar-refractivity contribution >= 4 is 17.5 Å². The minimum atomic E-state index is -1.29. The molecule has 1 unspecified atom stereocenters. The Morgan fingerprint density at radius 3 is 2.66 bits per heavy atom. The number of fused-ring (bicyclic) bond motifs is 1. The Kier molecular flexibility index (Phi) is 5.77. The Morgan fingerprint density at radius 1 is 1.25 bits per heavy atom. The highest BCUT2D eigenvalue weighted by molar-refractivity contribution is 6.03. The van der Waals surface area contributed by atoms with Gasteiger partial charge in [-0.15, -0.1) is 0 Å². The number of aromatic nitrogens is 3. The van der Waals surface area contributed by atoms with E-state index in [0.29, 0.717) is 18.7 Å². The summed E-state index contributed by atoms with van der Waals surface area (Å²) in [6.07, 6.45) is 7.54. The van der Waals surface area contributed by atoms with Crippen molar-refractivity contribution in [2.45, 2.75) is 71.3 Å². The molecule has 8 heteroatoms. The average molecular weight is 442 g/mol. The van der Waals surface area contributed by atoms with E-state index in [1.807, 2.05) is 32.2 Å². The Labute approximate surface area is 189 Å². The summed E-state index contributed by atoms with van der Waals surface area (Å²) >= 11 is 0. The minimum Gasteiger partial charge on any atom is -0.468 e. The van der Waals surface area contributed by atoms with Gasteiger partial charge >= 0.3 is 5.97 Å². The van der Waals surface area contributed by atoms with Crippen molar-refractivity contribution in [3.8, 4) is 0 Å². The van der Waals surface area contributed by atoms with Crippen LogP contribution in [0.1, 0.15) is 64.3 Å². The molecule has 0 spiro atoms. The van der Waals surface area contributed by atoms with Gasteiger partial charge < -0.3 is 15.8 Å². The Morgan fingerprint density at radius 2 is 1.97 bits per heavy atom. The van der Waals surface area contributed by atoms with E-state index in [0.717, 1.165) is 49.4 Å². The lowest BCUT2D eigenvalue weighted by molar-refractivity contribution is -0.164. The Hall–Kier alpha value is -2.48. The van der Waals surface area contributed by atoms with Crippen LogP contribution in [0, 0.1) is 16.7 Å². The number of esters is 1. The molecule has 0 aromatic carbocycles. The fourth-order valence-corrected chi connectivity index (χ4v) is 5.36. The van der Waals surface area contributed by atoms with Crippen molar-refractivity contribution < 1.29 is 14.3 Å². The number of imidazole rings is 1. The third kappa shape index (κ3) is 4.37. The first-order valence-electron chi connectivity index (χ1n) is 11.5. The van der Waals surface area contributed by atoms with Crippen molar-refractivity contribution in [2.24, 2.45) is 22.5 Å². The van der Waals surface area contributed by atoms with E-state index < -0.39 is 11.4 Å². The summed E-state index contributed by atoms with van der Waals surface area (Å²) in [5, 5.41) is 7.58. The van der Waals surface area contributed by atoms with Gasteiger partial charge in [-0.25, -0.2) is 9.50 Å².